The van der Waals surface area contributed by atoms with Gasteiger partial charge in [0.05, 0.1) is 22.7 Å². The number of hydrogen-bond donors (Lipinski definition) is 3. The van der Waals surface area contributed by atoms with Gasteiger partial charge in [-0.05, 0) is 39.3 Å². The third kappa shape index (κ3) is 4.25. The molecule has 0 spiro atoms. The van der Waals surface area contributed by atoms with Gasteiger partial charge in [0, 0.05) is 11.4 Å². The van der Waals surface area contributed by atoms with Gasteiger partial charge in [0.2, 0.25) is 0 Å². The summed E-state index contributed by atoms with van der Waals surface area (Å²) in [7, 11) is 0. The number of carbonyl (C=O) groups is 1. The van der Waals surface area contributed by atoms with Crippen LogP contribution >= 0.6 is 11.6 Å². The molecule has 0 fully saturated rings. The number of rotatable bonds is 5. The van der Waals surface area contributed by atoms with E-state index >= 15 is 0 Å². The van der Waals surface area contributed by atoms with E-state index in [9.17, 15) is 13.7 Å². The van der Waals surface area contributed by atoms with Crippen LogP contribution in [0.25, 0.3) is 0 Å². The lowest BCUT2D eigenvalue weighted by molar-refractivity contribution is -0.138. The molecular formula is C14H20ClFN2O3S. The molecule has 0 unspecified atom stereocenters. The second kappa shape index (κ2) is 6.62. The van der Waals surface area contributed by atoms with E-state index < -0.39 is 33.4 Å². The zero-order valence-corrected chi connectivity index (χ0v) is 14.4. The number of carboxylic acids is 1. The molecule has 0 aromatic heterocycles. The summed E-state index contributed by atoms with van der Waals surface area (Å²) >= 11 is 4.52. The molecule has 124 valence electrons. The molecule has 1 aromatic rings. The van der Waals surface area contributed by atoms with Crippen molar-refractivity contribution in [2.75, 3.05) is 5.73 Å². The first-order chi connectivity index (χ1) is 9.88. The Morgan fingerprint density at radius 1 is 1.45 bits per heavy atom. The highest BCUT2D eigenvalue weighted by molar-refractivity contribution is 7.90. The first-order valence-corrected chi connectivity index (χ1v) is 8.06. The SMILES string of the molecule is CC(C)(C)[S@@+]([O-])N[C@@](C)(CC(=O)O)c1ccc(F)c(N)c1Cl. The van der Waals surface area contributed by atoms with Crippen LogP contribution < -0.4 is 10.5 Å². The molecule has 0 amide bonds. The highest BCUT2D eigenvalue weighted by Crippen LogP contribution is 2.37. The minimum Gasteiger partial charge on any atom is -0.598 e. The first kappa shape index (κ1) is 19.0. The summed E-state index contributed by atoms with van der Waals surface area (Å²) in [5, 5.41) is 9.07. The molecule has 4 N–H and O–H groups in total. The Kier molecular flexibility index (Phi) is 5.72. The van der Waals surface area contributed by atoms with Gasteiger partial charge in [-0.2, -0.15) is 0 Å². The van der Waals surface area contributed by atoms with Crippen molar-refractivity contribution in [1.29, 1.82) is 0 Å². The van der Waals surface area contributed by atoms with Crippen LogP contribution in [-0.4, -0.2) is 20.4 Å². The summed E-state index contributed by atoms with van der Waals surface area (Å²) in [5.41, 5.74) is 4.33. The predicted molar refractivity (Wildman–Crippen MR) is 86.5 cm³/mol. The van der Waals surface area contributed by atoms with Gasteiger partial charge in [0.25, 0.3) is 0 Å². The molecule has 0 aliphatic rings. The maximum absolute atomic E-state index is 13.5. The molecule has 0 aliphatic heterocycles. The van der Waals surface area contributed by atoms with Gasteiger partial charge in [-0.1, -0.05) is 17.7 Å². The summed E-state index contributed by atoms with van der Waals surface area (Å²) in [6.07, 6.45) is -0.389. The summed E-state index contributed by atoms with van der Waals surface area (Å²) in [6.45, 7) is 6.79. The number of halogens is 2. The lowest BCUT2D eigenvalue weighted by atomic mass is 9.89. The average Bonchev–Trinajstić information content (AvgIpc) is 2.33. The molecule has 0 saturated carbocycles. The second-order valence-corrected chi connectivity index (χ2v) is 8.55. The Bertz CT molecular complexity index is 580. The van der Waals surface area contributed by atoms with Crippen LogP contribution in [0.2, 0.25) is 5.02 Å². The fourth-order valence-corrected chi connectivity index (χ4v) is 3.10. The fraction of sp³-hybridized carbons (Fsp3) is 0.500. The molecule has 1 rings (SSSR count). The molecule has 0 heterocycles. The van der Waals surface area contributed by atoms with E-state index in [1.165, 1.54) is 6.07 Å². The van der Waals surface area contributed by atoms with Crippen LogP contribution in [-0.2, 0) is 21.7 Å². The van der Waals surface area contributed by atoms with E-state index in [4.69, 9.17) is 22.4 Å². The third-order valence-electron chi connectivity index (χ3n) is 3.10. The van der Waals surface area contributed by atoms with E-state index in [0.717, 1.165) is 6.07 Å². The molecule has 0 radical (unpaired) electrons. The highest BCUT2D eigenvalue weighted by Gasteiger charge is 2.40. The van der Waals surface area contributed by atoms with E-state index in [-0.39, 0.29) is 22.7 Å². The van der Waals surface area contributed by atoms with Crippen molar-refractivity contribution >= 4 is 34.6 Å². The van der Waals surface area contributed by atoms with E-state index in [1.807, 2.05) is 0 Å². The molecule has 5 nitrogen and oxygen atoms in total. The number of anilines is 1. The van der Waals surface area contributed by atoms with Gasteiger partial charge in [-0.15, -0.1) is 4.72 Å². The largest absolute Gasteiger partial charge is 0.598 e. The van der Waals surface area contributed by atoms with Crippen LogP contribution in [0.3, 0.4) is 0 Å². The van der Waals surface area contributed by atoms with Gasteiger partial charge in [0.15, 0.2) is 0 Å². The average molecular weight is 351 g/mol. The third-order valence-corrected chi connectivity index (χ3v) is 5.26. The van der Waals surface area contributed by atoms with Crippen molar-refractivity contribution in [3.63, 3.8) is 0 Å². The van der Waals surface area contributed by atoms with E-state index in [2.05, 4.69) is 4.72 Å². The minimum absolute atomic E-state index is 0.0813. The standard InChI is InChI=1S/C14H20ClFN2O3S/c1-13(2,3)22(21)18-14(4,7-10(19)20)8-5-6-9(16)12(17)11(8)15/h5-6,18H,7,17H2,1-4H3,(H,19,20)/t14-,22+/m0/s1. The topological polar surface area (TPSA) is 98.4 Å². The number of aliphatic carboxylic acids is 1. The molecular weight excluding hydrogens is 331 g/mol. The molecule has 22 heavy (non-hydrogen) atoms. The van der Waals surface area contributed by atoms with Crippen LogP contribution in [0, 0.1) is 5.82 Å². The quantitative estimate of drug-likeness (QED) is 0.560. The lowest BCUT2D eigenvalue weighted by Gasteiger charge is -2.35. The number of nitrogens with two attached hydrogens (primary N) is 1. The van der Waals surface area contributed by atoms with Crippen molar-refractivity contribution in [3.05, 3.63) is 28.5 Å². The van der Waals surface area contributed by atoms with Gasteiger partial charge in [0.1, 0.15) is 10.6 Å². The maximum atomic E-state index is 13.5. The number of benzene rings is 1. The maximum Gasteiger partial charge on any atom is 0.305 e. The minimum atomic E-state index is -1.55. The van der Waals surface area contributed by atoms with Gasteiger partial charge in [-0.25, -0.2) is 4.39 Å². The molecule has 2 atom stereocenters. The molecule has 0 bridgehead atoms. The van der Waals surface area contributed by atoms with Gasteiger partial charge < -0.3 is 15.4 Å². The number of nitrogen functional groups attached to an aromatic ring is 1. The van der Waals surface area contributed by atoms with Crippen LogP contribution in [0.1, 0.15) is 39.7 Å². The Morgan fingerprint density at radius 3 is 2.45 bits per heavy atom. The number of carboxylic acid groups (broad SMARTS) is 1. The van der Waals surface area contributed by atoms with E-state index in [0.29, 0.717) is 0 Å². The summed E-state index contributed by atoms with van der Waals surface area (Å²) < 4.78 is 28.0. The zero-order chi connectivity index (χ0) is 17.3. The molecule has 0 aliphatic carbocycles. The monoisotopic (exact) mass is 350 g/mol. The highest BCUT2D eigenvalue weighted by atomic mass is 35.5. The second-order valence-electron chi connectivity index (χ2n) is 6.21. The smallest absolute Gasteiger partial charge is 0.305 e. The normalized spacial score (nSPS) is 16.1. The molecule has 0 saturated heterocycles. The number of hydrogen-bond acceptors (Lipinski definition) is 4. The first-order valence-electron chi connectivity index (χ1n) is 6.54. The fourth-order valence-electron chi connectivity index (χ4n) is 1.84. The van der Waals surface area contributed by atoms with Crippen LogP contribution in [0.5, 0.6) is 0 Å². The Morgan fingerprint density at radius 2 is 2.00 bits per heavy atom. The van der Waals surface area contributed by atoms with Gasteiger partial charge in [-0.3, -0.25) is 4.79 Å². The van der Waals surface area contributed by atoms with Crippen molar-refractivity contribution in [3.8, 4) is 0 Å². The Balaban J connectivity index is 3.34. The van der Waals surface area contributed by atoms with E-state index in [1.54, 1.807) is 27.7 Å². The lowest BCUT2D eigenvalue weighted by Crippen LogP contribution is -2.51. The number of nitrogens with one attached hydrogen (secondary N) is 1. The van der Waals surface area contributed by atoms with Crippen LogP contribution in [0.4, 0.5) is 10.1 Å². The Hall–Kier alpha value is -1.02. The van der Waals surface area contributed by atoms with Crippen molar-refractivity contribution in [2.45, 2.75) is 44.4 Å². The van der Waals surface area contributed by atoms with Crippen molar-refractivity contribution in [1.82, 2.24) is 4.72 Å². The molecule has 1 aromatic carbocycles. The van der Waals surface area contributed by atoms with Crippen LogP contribution in [0.15, 0.2) is 12.1 Å². The predicted octanol–water partition coefficient (Wildman–Crippen LogP) is 2.80. The van der Waals surface area contributed by atoms with Gasteiger partial charge >= 0.3 is 5.97 Å². The summed E-state index contributed by atoms with van der Waals surface area (Å²) in [5.74, 6) is -1.80. The zero-order valence-electron chi connectivity index (χ0n) is 12.9. The summed E-state index contributed by atoms with van der Waals surface area (Å²) in [6, 6.07) is 2.46. The van der Waals surface area contributed by atoms with Crippen molar-refractivity contribution < 1.29 is 18.8 Å². The Labute approximate surface area is 137 Å². The van der Waals surface area contributed by atoms with Crippen molar-refractivity contribution in [2.24, 2.45) is 0 Å². The summed E-state index contributed by atoms with van der Waals surface area (Å²) in [4.78, 5) is 11.2. The molecule has 8 heteroatoms.